The first-order valence-electron chi connectivity index (χ1n) is 6.82. The van der Waals surface area contributed by atoms with Crippen molar-refractivity contribution in [3.8, 4) is 17.2 Å². The second kappa shape index (κ2) is 9.44. The molecule has 1 aromatic rings. The van der Waals surface area contributed by atoms with E-state index in [-0.39, 0.29) is 6.04 Å². The molecule has 0 amide bonds. The van der Waals surface area contributed by atoms with Gasteiger partial charge in [0, 0.05) is 7.11 Å². The molecule has 1 aromatic carbocycles. The van der Waals surface area contributed by atoms with E-state index in [9.17, 15) is 0 Å². The SMILES string of the molecule is CCCNC(COC)COc1c(OC)cccc1OC. The van der Waals surface area contributed by atoms with Crippen LogP contribution < -0.4 is 19.5 Å². The van der Waals surface area contributed by atoms with Gasteiger partial charge in [-0.15, -0.1) is 0 Å². The molecule has 0 aromatic heterocycles. The van der Waals surface area contributed by atoms with Crippen LogP contribution in [0.4, 0.5) is 0 Å². The summed E-state index contributed by atoms with van der Waals surface area (Å²) in [4.78, 5) is 0. The van der Waals surface area contributed by atoms with Crippen LogP contribution in [-0.4, -0.2) is 47.1 Å². The number of methoxy groups -OCH3 is 3. The molecule has 0 fully saturated rings. The van der Waals surface area contributed by atoms with Crippen LogP contribution in [0.2, 0.25) is 0 Å². The normalized spacial score (nSPS) is 12.0. The van der Waals surface area contributed by atoms with Crippen LogP contribution in [-0.2, 0) is 4.74 Å². The number of para-hydroxylation sites is 1. The first-order chi connectivity index (χ1) is 9.76. The van der Waals surface area contributed by atoms with Crippen LogP contribution in [0.3, 0.4) is 0 Å². The molecule has 0 saturated carbocycles. The largest absolute Gasteiger partial charge is 0.493 e. The highest BCUT2D eigenvalue weighted by Crippen LogP contribution is 2.36. The lowest BCUT2D eigenvalue weighted by atomic mass is 10.2. The molecule has 0 bridgehead atoms. The summed E-state index contributed by atoms with van der Waals surface area (Å²) in [6.45, 7) is 4.14. The number of hydrogen-bond donors (Lipinski definition) is 1. The maximum Gasteiger partial charge on any atom is 0.203 e. The number of ether oxygens (including phenoxy) is 4. The molecule has 0 aliphatic carbocycles. The Kier molecular flexibility index (Phi) is 7.84. The van der Waals surface area contributed by atoms with Gasteiger partial charge in [0.25, 0.3) is 0 Å². The number of hydrogen-bond acceptors (Lipinski definition) is 5. The highest BCUT2D eigenvalue weighted by Gasteiger charge is 2.14. The summed E-state index contributed by atoms with van der Waals surface area (Å²) in [5, 5.41) is 3.38. The molecular weight excluding hydrogens is 258 g/mol. The van der Waals surface area contributed by atoms with Gasteiger partial charge in [-0.3, -0.25) is 0 Å². The molecule has 5 nitrogen and oxygen atoms in total. The van der Waals surface area contributed by atoms with Gasteiger partial charge >= 0.3 is 0 Å². The Bertz CT molecular complexity index is 362. The lowest BCUT2D eigenvalue weighted by molar-refractivity contribution is 0.133. The molecule has 0 aliphatic heterocycles. The van der Waals surface area contributed by atoms with E-state index in [0.29, 0.717) is 30.5 Å². The van der Waals surface area contributed by atoms with E-state index < -0.39 is 0 Å². The van der Waals surface area contributed by atoms with E-state index in [1.54, 1.807) is 21.3 Å². The zero-order chi connectivity index (χ0) is 14.8. The average Bonchev–Trinajstić information content (AvgIpc) is 2.49. The molecule has 0 saturated heterocycles. The first kappa shape index (κ1) is 16.6. The van der Waals surface area contributed by atoms with E-state index in [1.807, 2.05) is 18.2 Å². The van der Waals surface area contributed by atoms with Gasteiger partial charge in [-0.05, 0) is 25.1 Å². The Labute approximate surface area is 121 Å². The Balaban J connectivity index is 2.70. The molecule has 5 heteroatoms. The van der Waals surface area contributed by atoms with Gasteiger partial charge in [-0.1, -0.05) is 13.0 Å². The molecule has 1 rings (SSSR count). The van der Waals surface area contributed by atoms with Crippen molar-refractivity contribution in [2.75, 3.05) is 41.1 Å². The van der Waals surface area contributed by atoms with Gasteiger partial charge in [0.2, 0.25) is 5.75 Å². The van der Waals surface area contributed by atoms with Crippen molar-refractivity contribution in [3.05, 3.63) is 18.2 Å². The zero-order valence-electron chi connectivity index (χ0n) is 12.8. The Morgan fingerprint density at radius 1 is 1.05 bits per heavy atom. The third-order valence-corrected chi connectivity index (χ3v) is 2.86. The zero-order valence-corrected chi connectivity index (χ0v) is 12.8. The minimum Gasteiger partial charge on any atom is -0.493 e. The van der Waals surface area contributed by atoms with E-state index in [2.05, 4.69) is 12.2 Å². The minimum absolute atomic E-state index is 0.134. The maximum absolute atomic E-state index is 5.87. The molecule has 0 aliphatic rings. The third-order valence-electron chi connectivity index (χ3n) is 2.86. The predicted octanol–water partition coefficient (Wildman–Crippen LogP) is 2.10. The van der Waals surface area contributed by atoms with Crippen molar-refractivity contribution >= 4 is 0 Å². The van der Waals surface area contributed by atoms with Crippen molar-refractivity contribution in [2.45, 2.75) is 19.4 Å². The van der Waals surface area contributed by atoms with Crippen molar-refractivity contribution in [1.29, 1.82) is 0 Å². The maximum atomic E-state index is 5.87. The molecule has 0 radical (unpaired) electrons. The van der Waals surface area contributed by atoms with Crippen molar-refractivity contribution in [3.63, 3.8) is 0 Å². The monoisotopic (exact) mass is 283 g/mol. The van der Waals surface area contributed by atoms with Crippen LogP contribution in [0.5, 0.6) is 17.2 Å². The lowest BCUT2D eigenvalue weighted by Gasteiger charge is -2.20. The summed E-state index contributed by atoms with van der Waals surface area (Å²) in [6.07, 6.45) is 1.07. The standard InChI is InChI=1S/C15H25NO4/c1-5-9-16-12(10-17-2)11-20-15-13(18-3)7-6-8-14(15)19-4/h6-8,12,16H,5,9-11H2,1-4H3. The molecule has 114 valence electrons. The summed E-state index contributed by atoms with van der Waals surface area (Å²) >= 11 is 0. The Morgan fingerprint density at radius 3 is 2.20 bits per heavy atom. The molecule has 0 spiro atoms. The second-order valence-corrected chi connectivity index (χ2v) is 4.41. The molecule has 1 unspecified atom stereocenters. The lowest BCUT2D eigenvalue weighted by Crippen LogP contribution is -2.38. The van der Waals surface area contributed by atoms with E-state index in [1.165, 1.54) is 0 Å². The fourth-order valence-corrected chi connectivity index (χ4v) is 1.86. The summed E-state index contributed by atoms with van der Waals surface area (Å²) in [7, 11) is 4.91. The van der Waals surface area contributed by atoms with Crippen LogP contribution in [0.25, 0.3) is 0 Å². The fourth-order valence-electron chi connectivity index (χ4n) is 1.86. The number of nitrogens with one attached hydrogen (secondary N) is 1. The smallest absolute Gasteiger partial charge is 0.203 e. The van der Waals surface area contributed by atoms with E-state index in [4.69, 9.17) is 18.9 Å². The molecule has 1 atom stereocenters. The number of benzene rings is 1. The molecule has 20 heavy (non-hydrogen) atoms. The van der Waals surface area contributed by atoms with Crippen LogP contribution >= 0.6 is 0 Å². The Morgan fingerprint density at radius 2 is 1.70 bits per heavy atom. The third kappa shape index (κ3) is 4.90. The summed E-state index contributed by atoms with van der Waals surface area (Å²) in [5.74, 6) is 1.95. The summed E-state index contributed by atoms with van der Waals surface area (Å²) < 4.78 is 21.7. The predicted molar refractivity (Wildman–Crippen MR) is 79.0 cm³/mol. The first-order valence-corrected chi connectivity index (χ1v) is 6.82. The summed E-state index contributed by atoms with van der Waals surface area (Å²) in [6, 6.07) is 5.70. The fraction of sp³-hybridized carbons (Fsp3) is 0.600. The Hall–Kier alpha value is -1.46. The molecule has 1 N–H and O–H groups in total. The van der Waals surface area contributed by atoms with Crippen LogP contribution in [0.15, 0.2) is 18.2 Å². The summed E-state index contributed by atoms with van der Waals surface area (Å²) in [5.41, 5.74) is 0. The minimum atomic E-state index is 0.134. The van der Waals surface area contributed by atoms with E-state index in [0.717, 1.165) is 13.0 Å². The van der Waals surface area contributed by atoms with Gasteiger partial charge in [-0.25, -0.2) is 0 Å². The van der Waals surface area contributed by atoms with E-state index >= 15 is 0 Å². The van der Waals surface area contributed by atoms with Gasteiger partial charge < -0.3 is 24.3 Å². The highest BCUT2D eigenvalue weighted by molar-refractivity contribution is 5.51. The number of rotatable bonds is 10. The van der Waals surface area contributed by atoms with Crippen LogP contribution in [0.1, 0.15) is 13.3 Å². The molecular formula is C15H25NO4. The van der Waals surface area contributed by atoms with Gasteiger partial charge in [0.05, 0.1) is 26.9 Å². The topological polar surface area (TPSA) is 49.0 Å². The van der Waals surface area contributed by atoms with Gasteiger partial charge in [0.1, 0.15) is 6.61 Å². The average molecular weight is 283 g/mol. The van der Waals surface area contributed by atoms with Gasteiger partial charge in [0.15, 0.2) is 11.5 Å². The van der Waals surface area contributed by atoms with Crippen molar-refractivity contribution in [2.24, 2.45) is 0 Å². The quantitative estimate of drug-likeness (QED) is 0.712. The molecule has 0 heterocycles. The van der Waals surface area contributed by atoms with Crippen molar-refractivity contribution < 1.29 is 18.9 Å². The second-order valence-electron chi connectivity index (χ2n) is 4.41. The van der Waals surface area contributed by atoms with Gasteiger partial charge in [-0.2, -0.15) is 0 Å². The van der Waals surface area contributed by atoms with Crippen LogP contribution in [0, 0.1) is 0 Å². The van der Waals surface area contributed by atoms with Crippen molar-refractivity contribution in [1.82, 2.24) is 5.32 Å². The highest BCUT2D eigenvalue weighted by atomic mass is 16.5.